The topological polar surface area (TPSA) is 113 Å². The highest BCUT2D eigenvalue weighted by Crippen LogP contribution is 2.38. The molecule has 7 nitrogen and oxygen atoms in total. The van der Waals surface area contributed by atoms with Crippen LogP contribution >= 0.6 is 45.2 Å². The van der Waals surface area contributed by atoms with Crippen molar-refractivity contribution < 1.29 is 19.9 Å². The molecule has 0 aliphatic rings. The zero-order chi connectivity index (χ0) is 23.5. The average molecular weight is 658 g/mol. The third-order valence-electron chi connectivity index (χ3n) is 5.36. The molecule has 3 aromatic carbocycles. The highest BCUT2D eigenvalue weighted by atomic mass is 127. The molecule has 0 unspecified atom stereocenters. The Hall–Kier alpha value is -2.41. The van der Waals surface area contributed by atoms with Gasteiger partial charge in [-0.1, -0.05) is 31.2 Å². The fraction of sp³-hybridized carbons (Fsp3) is 0.174. The number of nitrogens with one attached hydrogen (secondary N) is 1. The number of nitro groups is 1. The van der Waals surface area contributed by atoms with Crippen molar-refractivity contribution in [3.63, 3.8) is 0 Å². The first-order valence-corrected chi connectivity index (χ1v) is 11.8. The van der Waals surface area contributed by atoms with Gasteiger partial charge in [-0.2, -0.15) is 0 Å². The first kappa shape index (κ1) is 24.2. The van der Waals surface area contributed by atoms with Gasteiger partial charge in [-0.3, -0.25) is 14.9 Å². The zero-order valence-corrected chi connectivity index (χ0v) is 21.3. The van der Waals surface area contributed by atoms with E-state index in [0.29, 0.717) is 19.2 Å². The molecule has 0 aliphatic carbocycles. The lowest BCUT2D eigenvalue weighted by Crippen LogP contribution is -2.26. The van der Waals surface area contributed by atoms with Crippen molar-refractivity contribution in [2.24, 2.45) is 0 Å². The van der Waals surface area contributed by atoms with Gasteiger partial charge < -0.3 is 15.5 Å². The maximum atomic E-state index is 12.8. The summed E-state index contributed by atoms with van der Waals surface area (Å²) in [5.74, 6) is 0.0993. The van der Waals surface area contributed by atoms with E-state index >= 15 is 0 Å². The molecule has 0 heterocycles. The Bertz CT molecular complexity index is 1080. The summed E-state index contributed by atoms with van der Waals surface area (Å²) >= 11 is 3.95. The predicted molar refractivity (Wildman–Crippen MR) is 139 cm³/mol. The minimum atomic E-state index is -0.547. The van der Waals surface area contributed by atoms with Gasteiger partial charge in [0.1, 0.15) is 11.5 Å². The van der Waals surface area contributed by atoms with Crippen LogP contribution in [0, 0.1) is 17.3 Å². The molecule has 0 aliphatic heterocycles. The van der Waals surface area contributed by atoms with Crippen LogP contribution in [0.25, 0.3) is 0 Å². The molecule has 0 saturated heterocycles. The Balaban J connectivity index is 1.84. The highest BCUT2D eigenvalue weighted by molar-refractivity contribution is 14.1. The van der Waals surface area contributed by atoms with E-state index in [9.17, 15) is 25.1 Å². The molecular formula is C23H20I2N2O5. The average Bonchev–Trinajstić information content (AvgIpc) is 2.75. The maximum absolute atomic E-state index is 12.8. The first-order chi connectivity index (χ1) is 15.1. The van der Waals surface area contributed by atoms with Crippen molar-refractivity contribution in [2.75, 3.05) is 5.32 Å². The molecule has 3 aromatic rings. The second-order valence-corrected chi connectivity index (χ2v) is 9.84. The van der Waals surface area contributed by atoms with Crippen molar-refractivity contribution >= 4 is 62.5 Å². The molecular weight excluding hydrogens is 638 g/mol. The Morgan fingerprint density at radius 2 is 1.41 bits per heavy atom. The van der Waals surface area contributed by atoms with E-state index in [0.717, 1.165) is 11.1 Å². The molecule has 0 atom stereocenters. The third-order valence-corrected chi connectivity index (χ3v) is 7.06. The number of hydrogen-bond acceptors (Lipinski definition) is 5. The van der Waals surface area contributed by atoms with Gasteiger partial charge in [0, 0.05) is 31.1 Å². The van der Waals surface area contributed by atoms with Crippen LogP contribution < -0.4 is 5.32 Å². The van der Waals surface area contributed by atoms with Gasteiger partial charge in [-0.05, 0) is 87.0 Å². The van der Waals surface area contributed by atoms with Gasteiger partial charge in [0.05, 0.1) is 10.6 Å². The zero-order valence-electron chi connectivity index (χ0n) is 17.0. The standard InChI is InChI=1S/C23H20I2N2O5/c1-23(14-2-6-17(28)7-3-14,15-4-8-18(29)9-5-15)11-10-21(30)26-22-19(24)12-16(27(31)32)13-20(22)25/h2-9,12-13,28-29H,10-11H2,1H3,(H,26,30). The molecule has 32 heavy (non-hydrogen) atoms. The number of rotatable bonds is 7. The molecule has 0 bridgehead atoms. The van der Waals surface area contributed by atoms with Crippen LogP contribution in [0.4, 0.5) is 11.4 Å². The molecule has 166 valence electrons. The van der Waals surface area contributed by atoms with Crippen molar-refractivity contribution in [1.82, 2.24) is 0 Å². The van der Waals surface area contributed by atoms with E-state index in [1.165, 1.54) is 12.1 Å². The molecule has 3 rings (SSSR count). The minimum Gasteiger partial charge on any atom is -0.508 e. The van der Waals surface area contributed by atoms with Gasteiger partial charge in [0.15, 0.2) is 0 Å². The smallest absolute Gasteiger partial charge is 0.271 e. The highest BCUT2D eigenvalue weighted by Gasteiger charge is 2.30. The van der Waals surface area contributed by atoms with E-state index in [1.807, 2.05) is 76.4 Å². The summed E-state index contributed by atoms with van der Waals surface area (Å²) in [6, 6.07) is 16.6. The number of carbonyl (C=O) groups excluding carboxylic acids is 1. The molecule has 9 heteroatoms. The van der Waals surface area contributed by atoms with E-state index in [4.69, 9.17) is 0 Å². The monoisotopic (exact) mass is 658 g/mol. The first-order valence-electron chi connectivity index (χ1n) is 9.62. The SMILES string of the molecule is CC(CCC(=O)Nc1c(I)cc([N+](=O)[O-])cc1I)(c1ccc(O)cc1)c1ccc(O)cc1. The number of anilines is 1. The molecule has 0 radical (unpaired) electrons. The summed E-state index contributed by atoms with van der Waals surface area (Å²) < 4.78 is 1.18. The van der Waals surface area contributed by atoms with Crippen LogP contribution in [0.2, 0.25) is 0 Å². The number of phenols is 2. The largest absolute Gasteiger partial charge is 0.508 e. The normalized spacial score (nSPS) is 11.2. The van der Waals surface area contributed by atoms with Crippen LogP contribution in [-0.2, 0) is 10.2 Å². The van der Waals surface area contributed by atoms with Gasteiger partial charge in [-0.25, -0.2) is 0 Å². The van der Waals surface area contributed by atoms with Gasteiger partial charge in [-0.15, -0.1) is 0 Å². The Morgan fingerprint density at radius 1 is 0.969 bits per heavy atom. The molecule has 0 saturated carbocycles. The van der Waals surface area contributed by atoms with E-state index < -0.39 is 10.3 Å². The van der Waals surface area contributed by atoms with Crippen LogP contribution in [0.1, 0.15) is 30.9 Å². The molecule has 0 spiro atoms. The Labute approximate surface area is 212 Å². The molecule has 0 fully saturated rings. The van der Waals surface area contributed by atoms with Crippen molar-refractivity contribution in [3.05, 3.63) is 89.0 Å². The summed E-state index contributed by atoms with van der Waals surface area (Å²) in [5, 5.41) is 33.3. The van der Waals surface area contributed by atoms with Gasteiger partial charge in [0.25, 0.3) is 5.69 Å². The van der Waals surface area contributed by atoms with Crippen LogP contribution in [0.15, 0.2) is 60.7 Å². The number of aromatic hydroxyl groups is 2. The van der Waals surface area contributed by atoms with E-state index in [2.05, 4.69) is 5.32 Å². The number of benzene rings is 3. The lowest BCUT2D eigenvalue weighted by atomic mass is 9.73. The van der Waals surface area contributed by atoms with Crippen molar-refractivity contribution in [2.45, 2.75) is 25.2 Å². The van der Waals surface area contributed by atoms with Crippen molar-refractivity contribution in [3.8, 4) is 11.5 Å². The molecule has 1 amide bonds. The fourth-order valence-electron chi connectivity index (χ4n) is 3.46. The Morgan fingerprint density at radius 3 is 1.81 bits per heavy atom. The van der Waals surface area contributed by atoms with Gasteiger partial charge >= 0.3 is 0 Å². The summed E-state index contributed by atoms with van der Waals surface area (Å²) in [7, 11) is 0. The summed E-state index contributed by atoms with van der Waals surface area (Å²) in [5.41, 5.74) is 1.83. The van der Waals surface area contributed by atoms with Crippen LogP contribution in [0.3, 0.4) is 0 Å². The molecule has 3 N–H and O–H groups in total. The number of hydrogen-bond donors (Lipinski definition) is 3. The van der Waals surface area contributed by atoms with Crippen molar-refractivity contribution in [1.29, 1.82) is 0 Å². The number of non-ortho nitro benzene ring substituents is 1. The summed E-state index contributed by atoms with van der Waals surface area (Å²) in [6.07, 6.45) is 0.663. The van der Waals surface area contributed by atoms with E-state index in [-0.39, 0.29) is 29.5 Å². The van der Waals surface area contributed by atoms with Gasteiger partial charge in [0.2, 0.25) is 5.91 Å². The molecule has 0 aromatic heterocycles. The van der Waals surface area contributed by atoms with Crippen LogP contribution in [0.5, 0.6) is 11.5 Å². The second-order valence-electron chi connectivity index (χ2n) is 7.52. The fourth-order valence-corrected chi connectivity index (χ4v) is 5.47. The van der Waals surface area contributed by atoms with E-state index in [1.54, 1.807) is 24.3 Å². The number of nitro benzene ring substituents is 1. The quantitative estimate of drug-likeness (QED) is 0.165. The number of phenolic OH excluding ortho intramolecular Hbond substituents is 2. The number of halogens is 2. The lowest BCUT2D eigenvalue weighted by Gasteiger charge is -2.31. The third kappa shape index (κ3) is 5.49. The Kier molecular flexibility index (Phi) is 7.59. The predicted octanol–water partition coefficient (Wildman–Crippen LogP) is 5.94. The number of carbonyl (C=O) groups is 1. The second kappa shape index (κ2) is 10.0. The number of nitrogens with zero attached hydrogens (tertiary/aromatic N) is 1. The minimum absolute atomic E-state index is 0.0240. The maximum Gasteiger partial charge on any atom is 0.271 e. The number of amides is 1. The van der Waals surface area contributed by atoms with Crippen LogP contribution in [-0.4, -0.2) is 21.0 Å². The lowest BCUT2D eigenvalue weighted by molar-refractivity contribution is -0.385. The summed E-state index contributed by atoms with van der Waals surface area (Å²) in [4.78, 5) is 23.4. The summed E-state index contributed by atoms with van der Waals surface area (Å²) in [6.45, 7) is 2.01.